The maximum Gasteiger partial charge on any atom is 0.122 e. The number of nitrogen functional groups attached to an aromatic ring is 1. The maximum atomic E-state index is 6.28. The third-order valence-corrected chi connectivity index (χ3v) is 3.97. The summed E-state index contributed by atoms with van der Waals surface area (Å²) in [5.41, 5.74) is 9.48. The third kappa shape index (κ3) is 3.98. The van der Waals surface area contributed by atoms with E-state index in [9.17, 15) is 0 Å². The summed E-state index contributed by atoms with van der Waals surface area (Å²) in [6.07, 6.45) is 0. The lowest BCUT2D eigenvalue weighted by Crippen LogP contribution is -1.97. The van der Waals surface area contributed by atoms with E-state index in [0.717, 1.165) is 16.7 Å². The molecule has 23 heavy (non-hydrogen) atoms. The molecule has 0 atom stereocenters. The number of hydrogen-bond acceptors (Lipinski definition) is 2. The van der Waals surface area contributed by atoms with Crippen LogP contribution in [0.4, 0.5) is 5.69 Å². The highest BCUT2D eigenvalue weighted by Crippen LogP contribution is 2.34. The molecule has 0 fully saturated rings. The third-order valence-electron chi connectivity index (χ3n) is 3.42. The second-order valence-electron chi connectivity index (χ2n) is 5.19. The molecule has 0 saturated carbocycles. The highest BCUT2D eigenvalue weighted by atomic mass is 35.5. The van der Waals surface area contributed by atoms with Gasteiger partial charge in [0.2, 0.25) is 0 Å². The molecule has 3 rings (SSSR count). The van der Waals surface area contributed by atoms with Crippen LogP contribution in [-0.4, -0.2) is 0 Å². The van der Waals surface area contributed by atoms with E-state index < -0.39 is 0 Å². The maximum absolute atomic E-state index is 6.28. The topological polar surface area (TPSA) is 35.2 Å². The molecule has 3 aromatic carbocycles. The molecule has 0 bridgehead atoms. The molecule has 4 heteroatoms. The van der Waals surface area contributed by atoms with Crippen LogP contribution in [0.2, 0.25) is 10.0 Å². The van der Waals surface area contributed by atoms with Gasteiger partial charge in [0, 0.05) is 27.4 Å². The first kappa shape index (κ1) is 15.7. The van der Waals surface area contributed by atoms with Crippen LogP contribution in [0.1, 0.15) is 5.56 Å². The average molecular weight is 344 g/mol. The SMILES string of the molecule is Nc1cc(OCc2ccccc2)cc(-c2ccc(Cl)cc2Cl)c1. The summed E-state index contributed by atoms with van der Waals surface area (Å²) in [5.74, 6) is 0.704. The highest BCUT2D eigenvalue weighted by molar-refractivity contribution is 6.36. The number of hydrogen-bond donors (Lipinski definition) is 1. The summed E-state index contributed by atoms with van der Waals surface area (Å²) in [6.45, 7) is 0.484. The minimum absolute atomic E-state index is 0.484. The average Bonchev–Trinajstić information content (AvgIpc) is 2.53. The fourth-order valence-corrected chi connectivity index (χ4v) is 2.84. The van der Waals surface area contributed by atoms with E-state index in [4.69, 9.17) is 33.7 Å². The van der Waals surface area contributed by atoms with E-state index in [0.29, 0.717) is 28.1 Å². The fourth-order valence-electron chi connectivity index (χ4n) is 2.33. The van der Waals surface area contributed by atoms with Gasteiger partial charge in [0.05, 0.1) is 0 Å². The van der Waals surface area contributed by atoms with Gasteiger partial charge in [-0.25, -0.2) is 0 Å². The Hall–Kier alpha value is -2.16. The fraction of sp³-hybridized carbons (Fsp3) is 0.0526. The van der Waals surface area contributed by atoms with E-state index in [1.807, 2.05) is 48.5 Å². The Morgan fingerprint density at radius 3 is 2.39 bits per heavy atom. The zero-order valence-electron chi connectivity index (χ0n) is 12.3. The Bertz CT molecular complexity index is 819. The molecule has 0 saturated heterocycles. The molecule has 0 aliphatic rings. The summed E-state index contributed by atoms with van der Waals surface area (Å²) < 4.78 is 5.85. The number of benzene rings is 3. The predicted octanol–water partition coefficient (Wildman–Crippen LogP) is 5.82. The molecule has 0 heterocycles. The van der Waals surface area contributed by atoms with Crippen molar-refractivity contribution in [3.05, 3.63) is 82.3 Å². The van der Waals surface area contributed by atoms with Gasteiger partial charge in [-0.15, -0.1) is 0 Å². The van der Waals surface area contributed by atoms with Crippen molar-refractivity contribution < 1.29 is 4.74 Å². The number of rotatable bonds is 4. The Morgan fingerprint density at radius 1 is 0.870 bits per heavy atom. The molecule has 0 radical (unpaired) electrons. The van der Waals surface area contributed by atoms with E-state index in [-0.39, 0.29) is 0 Å². The van der Waals surface area contributed by atoms with Gasteiger partial charge in [0.1, 0.15) is 12.4 Å². The van der Waals surface area contributed by atoms with Crippen LogP contribution in [-0.2, 0) is 6.61 Å². The van der Waals surface area contributed by atoms with Gasteiger partial charge < -0.3 is 10.5 Å². The van der Waals surface area contributed by atoms with Gasteiger partial charge in [-0.1, -0.05) is 59.6 Å². The number of nitrogens with two attached hydrogens (primary N) is 1. The van der Waals surface area contributed by atoms with Crippen LogP contribution in [0.3, 0.4) is 0 Å². The second kappa shape index (κ2) is 6.95. The second-order valence-corrected chi connectivity index (χ2v) is 6.03. The summed E-state index contributed by atoms with van der Waals surface area (Å²) in [5, 5.41) is 1.18. The number of ether oxygens (including phenoxy) is 1. The Labute approximate surface area is 145 Å². The van der Waals surface area contributed by atoms with Crippen LogP contribution < -0.4 is 10.5 Å². The van der Waals surface area contributed by atoms with Crippen LogP contribution in [0.25, 0.3) is 11.1 Å². The molecule has 2 N–H and O–H groups in total. The molecule has 0 aliphatic carbocycles. The summed E-state index contributed by atoms with van der Waals surface area (Å²) in [4.78, 5) is 0. The largest absolute Gasteiger partial charge is 0.489 e. The molecule has 116 valence electrons. The normalized spacial score (nSPS) is 10.5. The lowest BCUT2D eigenvalue weighted by Gasteiger charge is -2.11. The number of anilines is 1. The molecular formula is C19H15Cl2NO. The summed E-state index contributed by atoms with van der Waals surface area (Å²) in [7, 11) is 0. The summed E-state index contributed by atoms with van der Waals surface area (Å²) in [6, 6.07) is 21.0. The molecule has 0 spiro atoms. The van der Waals surface area contributed by atoms with Gasteiger partial charge in [-0.3, -0.25) is 0 Å². The van der Waals surface area contributed by atoms with Gasteiger partial charge in [-0.2, -0.15) is 0 Å². The molecule has 0 amide bonds. The minimum Gasteiger partial charge on any atom is -0.489 e. The zero-order chi connectivity index (χ0) is 16.2. The Balaban J connectivity index is 1.87. The van der Waals surface area contributed by atoms with Gasteiger partial charge in [0.15, 0.2) is 0 Å². The molecular weight excluding hydrogens is 329 g/mol. The smallest absolute Gasteiger partial charge is 0.122 e. The first-order valence-corrected chi connectivity index (χ1v) is 7.90. The van der Waals surface area contributed by atoms with Crippen molar-refractivity contribution in [3.63, 3.8) is 0 Å². The van der Waals surface area contributed by atoms with Crippen molar-refractivity contribution in [1.29, 1.82) is 0 Å². The van der Waals surface area contributed by atoms with Crippen molar-refractivity contribution in [2.45, 2.75) is 6.61 Å². The van der Waals surface area contributed by atoms with Gasteiger partial charge in [-0.05, 0) is 35.4 Å². The molecule has 2 nitrogen and oxygen atoms in total. The number of halogens is 2. The first-order valence-electron chi connectivity index (χ1n) is 7.14. The van der Waals surface area contributed by atoms with Crippen LogP contribution >= 0.6 is 23.2 Å². The highest BCUT2D eigenvalue weighted by Gasteiger charge is 2.07. The van der Waals surface area contributed by atoms with E-state index in [1.54, 1.807) is 18.2 Å². The lowest BCUT2D eigenvalue weighted by atomic mass is 10.0. The van der Waals surface area contributed by atoms with Crippen LogP contribution in [0.5, 0.6) is 5.75 Å². The quantitative estimate of drug-likeness (QED) is 0.605. The van der Waals surface area contributed by atoms with Crippen molar-refractivity contribution in [3.8, 4) is 16.9 Å². The van der Waals surface area contributed by atoms with Crippen molar-refractivity contribution >= 4 is 28.9 Å². The van der Waals surface area contributed by atoms with E-state index in [1.165, 1.54) is 0 Å². The molecule has 0 unspecified atom stereocenters. The van der Waals surface area contributed by atoms with E-state index in [2.05, 4.69) is 0 Å². The lowest BCUT2D eigenvalue weighted by molar-refractivity contribution is 0.306. The minimum atomic E-state index is 0.484. The van der Waals surface area contributed by atoms with Gasteiger partial charge >= 0.3 is 0 Å². The standard InChI is InChI=1S/C19H15Cl2NO/c20-15-6-7-18(19(21)10-15)14-8-16(22)11-17(9-14)23-12-13-4-2-1-3-5-13/h1-11H,12,22H2. The summed E-state index contributed by atoms with van der Waals surface area (Å²) >= 11 is 12.2. The van der Waals surface area contributed by atoms with Crippen molar-refractivity contribution in [2.24, 2.45) is 0 Å². The monoisotopic (exact) mass is 343 g/mol. The van der Waals surface area contributed by atoms with E-state index >= 15 is 0 Å². The Morgan fingerprint density at radius 2 is 1.65 bits per heavy atom. The first-order chi connectivity index (χ1) is 11.1. The van der Waals surface area contributed by atoms with Crippen molar-refractivity contribution in [2.75, 3.05) is 5.73 Å². The molecule has 3 aromatic rings. The predicted molar refractivity (Wildman–Crippen MR) is 97.1 cm³/mol. The molecule has 0 aromatic heterocycles. The van der Waals surface area contributed by atoms with Gasteiger partial charge in [0.25, 0.3) is 0 Å². The molecule has 0 aliphatic heterocycles. The Kier molecular flexibility index (Phi) is 4.75. The van der Waals surface area contributed by atoms with Crippen LogP contribution in [0, 0.1) is 0 Å². The zero-order valence-corrected chi connectivity index (χ0v) is 13.8. The van der Waals surface area contributed by atoms with Crippen LogP contribution in [0.15, 0.2) is 66.7 Å². The van der Waals surface area contributed by atoms with Crippen molar-refractivity contribution in [1.82, 2.24) is 0 Å².